The predicted octanol–water partition coefficient (Wildman–Crippen LogP) is 2.77. The van der Waals surface area contributed by atoms with Gasteiger partial charge in [-0.1, -0.05) is 18.2 Å². The fourth-order valence-corrected chi connectivity index (χ4v) is 1.68. The van der Waals surface area contributed by atoms with Crippen LogP contribution in [0.15, 0.2) is 28.8 Å². The lowest BCUT2D eigenvalue weighted by Crippen LogP contribution is -2.10. The molecule has 0 N–H and O–H groups in total. The minimum absolute atomic E-state index is 0.227. The third kappa shape index (κ3) is 5.80. The Hall–Kier alpha value is -0.930. The van der Waals surface area contributed by atoms with E-state index in [9.17, 15) is 0 Å². The van der Waals surface area contributed by atoms with Gasteiger partial charge in [-0.3, -0.25) is 4.99 Å². The average molecular weight is 237 g/mol. The zero-order valence-electron chi connectivity index (χ0n) is 11.1. The molecule has 1 aliphatic rings. The van der Waals surface area contributed by atoms with Gasteiger partial charge in [-0.25, -0.2) is 0 Å². The molecule has 0 aliphatic heterocycles. The summed E-state index contributed by atoms with van der Waals surface area (Å²) in [5, 5.41) is 0. The summed E-state index contributed by atoms with van der Waals surface area (Å²) in [6, 6.07) is 0. The maximum atomic E-state index is 5.44. The molecule has 0 spiro atoms. The smallest absolute Gasteiger partial charge is 0.0790 e. The molecule has 1 rings (SSSR count). The molecule has 0 saturated carbocycles. The molecule has 3 heteroatoms. The van der Waals surface area contributed by atoms with Crippen LogP contribution in [0.3, 0.4) is 0 Å². The van der Waals surface area contributed by atoms with Crippen molar-refractivity contribution in [2.75, 3.05) is 20.3 Å². The van der Waals surface area contributed by atoms with E-state index in [1.807, 2.05) is 13.1 Å². The van der Waals surface area contributed by atoms with Crippen LogP contribution >= 0.6 is 0 Å². The van der Waals surface area contributed by atoms with Crippen molar-refractivity contribution in [3.05, 3.63) is 23.8 Å². The summed E-state index contributed by atoms with van der Waals surface area (Å²) < 4.78 is 10.7. The van der Waals surface area contributed by atoms with Crippen LogP contribution in [0.4, 0.5) is 0 Å². The molecule has 0 aromatic carbocycles. The highest BCUT2D eigenvalue weighted by Gasteiger charge is 2.05. The standard InChI is InChI=1S/C14H23NO2/c1-4-17-12(2)9-10-15-11-13-5-7-14(16-3)8-6-13/h5-7,11-12,14H,4,8-10H2,1-3H3. The van der Waals surface area contributed by atoms with E-state index in [-0.39, 0.29) is 6.10 Å². The van der Waals surface area contributed by atoms with E-state index in [1.54, 1.807) is 7.11 Å². The Kier molecular flexibility index (Phi) is 6.82. The Morgan fingerprint density at radius 3 is 3.00 bits per heavy atom. The fourth-order valence-electron chi connectivity index (χ4n) is 1.68. The van der Waals surface area contributed by atoms with Crippen molar-refractivity contribution in [2.45, 2.75) is 38.9 Å². The van der Waals surface area contributed by atoms with Crippen LogP contribution < -0.4 is 0 Å². The second-order valence-corrected chi connectivity index (χ2v) is 4.16. The van der Waals surface area contributed by atoms with Gasteiger partial charge in [0.1, 0.15) is 0 Å². The molecular formula is C14H23NO2. The first-order chi connectivity index (χ1) is 8.26. The second kappa shape index (κ2) is 8.20. The number of nitrogens with zero attached hydrogens (tertiary/aromatic N) is 1. The number of allylic oxidation sites excluding steroid dienone is 2. The minimum atomic E-state index is 0.227. The van der Waals surface area contributed by atoms with Crippen molar-refractivity contribution in [3.8, 4) is 0 Å². The molecule has 96 valence electrons. The van der Waals surface area contributed by atoms with Crippen LogP contribution in [0.2, 0.25) is 0 Å². The molecule has 0 amide bonds. The van der Waals surface area contributed by atoms with E-state index in [1.165, 1.54) is 5.57 Å². The Morgan fingerprint density at radius 1 is 1.59 bits per heavy atom. The van der Waals surface area contributed by atoms with Crippen LogP contribution in [0.25, 0.3) is 0 Å². The van der Waals surface area contributed by atoms with Crippen molar-refractivity contribution < 1.29 is 9.47 Å². The molecule has 17 heavy (non-hydrogen) atoms. The third-order valence-corrected chi connectivity index (χ3v) is 2.75. The summed E-state index contributed by atoms with van der Waals surface area (Å²) in [7, 11) is 1.73. The van der Waals surface area contributed by atoms with E-state index in [4.69, 9.17) is 9.47 Å². The first kappa shape index (κ1) is 14.1. The van der Waals surface area contributed by atoms with Crippen molar-refractivity contribution in [2.24, 2.45) is 4.99 Å². The molecule has 0 aromatic rings. The number of rotatable bonds is 7. The molecule has 2 atom stereocenters. The first-order valence-corrected chi connectivity index (χ1v) is 6.28. The quantitative estimate of drug-likeness (QED) is 0.637. The van der Waals surface area contributed by atoms with Crippen LogP contribution in [0, 0.1) is 0 Å². The monoisotopic (exact) mass is 237 g/mol. The van der Waals surface area contributed by atoms with Gasteiger partial charge in [0.05, 0.1) is 12.2 Å². The zero-order chi connectivity index (χ0) is 12.5. The third-order valence-electron chi connectivity index (χ3n) is 2.75. The Morgan fingerprint density at radius 2 is 2.41 bits per heavy atom. The number of aliphatic imine (C=N–C) groups is 1. The van der Waals surface area contributed by atoms with E-state index < -0.39 is 0 Å². The van der Waals surface area contributed by atoms with Gasteiger partial charge in [0.25, 0.3) is 0 Å². The van der Waals surface area contributed by atoms with Gasteiger partial charge in [-0.2, -0.15) is 0 Å². The molecule has 0 saturated heterocycles. The summed E-state index contributed by atoms with van der Waals surface area (Å²) >= 11 is 0. The SMILES string of the molecule is CCOC(C)CCN=CC1=CCC(OC)C=C1. The molecule has 3 nitrogen and oxygen atoms in total. The Bertz CT molecular complexity index is 295. The number of hydrogen-bond donors (Lipinski definition) is 0. The van der Waals surface area contributed by atoms with Crippen LogP contribution in [-0.4, -0.2) is 38.7 Å². The first-order valence-electron chi connectivity index (χ1n) is 6.28. The summed E-state index contributed by atoms with van der Waals surface area (Å²) in [6.45, 7) is 5.70. The van der Waals surface area contributed by atoms with Crippen molar-refractivity contribution in [3.63, 3.8) is 0 Å². The van der Waals surface area contributed by atoms with Gasteiger partial charge in [0, 0.05) is 26.5 Å². The average Bonchev–Trinajstić information content (AvgIpc) is 2.36. The number of methoxy groups -OCH3 is 1. The van der Waals surface area contributed by atoms with Gasteiger partial charge >= 0.3 is 0 Å². The Labute approximate surface area is 104 Å². The van der Waals surface area contributed by atoms with Gasteiger partial charge in [-0.05, 0) is 32.3 Å². The molecule has 0 heterocycles. The van der Waals surface area contributed by atoms with Gasteiger partial charge in [0.15, 0.2) is 0 Å². The summed E-state index contributed by atoms with van der Waals surface area (Å²) in [6.07, 6.45) is 10.7. The maximum Gasteiger partial charge on any atom is 0.0790 e. The predicted molar refractivity (Wildman–Crippen MR) is 71.7 cm³/mol. The van der Waals surface area contributed by atoms with Crippen LogP contribution in [0.5, 0.6) is 0 Å². The van der Waals surface area contributed by atoms with E-state index >= 15 is 0 Å². The minimum Gasteiger partial charge on any atom is -0.379 e. The second-order valence-electron chi connectivity index (χ2n) is 4.16. The molecule has 1 aliphatic carbocycles. The van der Waals surface area contributed by atoms with Gasteiger partial charge in [0.2, 0.25) is 0 Å². The maximum absolute atomic E-state index is 5.44. The molecule has 0 fully saturated rings. The highest BCUT2D eigenvalue weighted by Crippen LogP contribution is 2.11. The molecular weight excluding hydrogens is 214 g/mol. The molecule has 2 unspecified atom stereocenters. The Balaban J connectivity index is 2.22. The largest absolute Gasteiger partial charge is 0.379 e. The van der Waals surface area contributed by atoms with Crippen molar-refractivity contribution in [1.82, 2.24) is 0 Å². The van der Waals surface area contributed by atoms with E-state index in [2.05, 4.69) is 30.1 Å². The van der Waals surface area contributed by atoms with Crippen LogP contribution in [0.1, 0.15) is 26.7 Å². The normalized spacial score (nSPS) is 21.8. The van der Waals surface area contributed by atoms with E-state index in [0.717, 1.165) is 26.0 Å². The lowest BCUT2D eigenvalue weighted by Gasteiger charge is -2.12. The summed E-state index contributed by atoms with van der Waals surface area (Å²) in [5.74, 6) is 0. The summed E-state index contributed by atoms with van der Waals surface area (Å²) in [5.41, 5.74) is 1.17. The summed E-state index contributed by atoms with van der Waals surface area (Å²) in [4.78, 5) is 4.40. The molecule has 0 bridgehead atoms. The topological polar surface area (TPSA) is 30.8 Å². The van der Waals surface area contributed by atoms with Gasteiger partial charge in [-0.15, -0.1) is 0 Å². The number of hydrogen-bond acceptors (Lipinski definition) is 3. The van der Waals surface area contributed by atoms with E-state index in [0.29, 0.717) is 6.10 Å². The molecule has 0 radical (unpaired) electrons. The fraction of sp³-hybridized carbons (Fsp3) is 0.643. The van der Waals surface area contributed by atoms with Crippen molar-refractivity contribution >= 4 is 6.21 Å². The lowest BCUT2D eigenvalue weighted by atomic mass is 10.1. The highest BCUT2D eigenvalue weighted by atomic mass is 16.5. The highest BCUT2D eigenvalue weighted by molar-refractivity contribution is 5.82. The number of ether oxygens (including phenoxy) is 2. The molecule has 0 aromatic heterocycles. The van der Waals surface area contributed by atoms with Crippen molar-refractivity contribution in [1.29, 1.82) is 0 Å². The van der Waals surface area contributed by atoms with Crippen LogP contribution in [-0.2, 0) is 9.47 Å². The lowest BCUT2D eigenvalue weighted by molar-refractivity contribution is 0.0722. The zero-order valence-corrected chi connectivity index (χ0v) is 11.1. The van der Waals surface area contributed by atoms with Gasteiger partial charge < -0.3 is 9.47 Å².